The third-order valence-corrected chi connectivity index (χ3v) is 2.59. The van der Waals surface area contributed by atoms with Gasteiger partial charge in [-0.25, -0.2) is 0 Å². The van der Waals surface area contributed by atoms with Crippen LogP contribution in [0, 0.1) is 13.8 Å². The van der Waals surface area contributed by atoms with Gasteiger partial charge in [-0.15, -0.1) is 0 Å². The van der Waals surface area contributed by atoms with Gasteiger partial charge in [-0.3, -0.25) is 4.79 Å². The lowest BCUT2D eigenvalue weighted by atomic mass is 10.0. The molecule has 3 nitrogen and oxygen atoms in total. The summed E-state index contributed by atoms with van der Waals surface area (Å²) in [5.74, 6) is -0.0478. The van der Waals surface area contributed by atoms with E-state index in [9.17, 15) is 9.90 Å². The fraction of sp³-hybridized carbons (Fsp3) is 0.500. The van der Waals surface area contributed by atoms with Crippen LogP contribution in [0.2, 0.25) is 0 Å². The topological polar surface area (TPSA) is 40.5 Å². The van der Waals surface area contributed by atoms with Crippen molar-refractivity contribution in [3.8, 4) is 0 Å². The molecular weight excluding hydrogens is 214 g/mol. The molecule has 0 bridgehead atoms. The monoisotopic (exact) mass is 235 g/mol. The largest absolute Gasteiger partial charge is 0.389 e. The van der Waals surface area contributed by atoms with E-state index in [1.54, 1.807) is 25.8 Å². The number of aryl methyl sites for hydroxylation is 2. The van der Waals surface area contributed by atoms with Gasteiger partial charge >= 0.3 is 0 Å². The minimum Gasteiger partial charge on any atom is -0.389 e. The van der Waals surface area contributed by atoms with E-state index < -0.39 is 5.60 Å². The van der Waals surface area contributed by atoms with E-state index >= 15 is 0 Å². The maximum Gasteiger partial charge on any atom is 0.253 e. The molecule has 0 aliphatic rings. The molecule has 0 spiro atoms. The quantitative estimate of drug-likeness (QED) is 0.872. The number of likely N-dealkylation sites (N-methyl/N-ethyl adjacent to an activating group) is 1. The van der Waals surface area contributed by atoms with Crippen molar-refractivity contribution in [3.05, 3.63) is 34.9 Å². The van der Waals surface area contributed by atoms with E-state index in [1.807, 2.05) is 32.0 Å². The Balaban J connectivity index is 2.93. The zero-order valence-corrected chi connectivity index (χ0v) is 11.2. The standard InChI is InChI=1S/C14H21NO2/c1-10-6-7-11(2)12(8-10)13(16)15(5)9-14(3,4)17/h6-8,17H,9H2,1-5H3. The van der Waals surface area contributed by atoms with Crippen LogP contribution >= 0.6 is 0 Å². The molecule has 1 rings (SSSR count). The van der Waals surface area contributed by atoms with E-state index in [-0.39, 0.29) is 5.91 Å². The summed E-state index contributed by atoms with van der Waals surface area (Å²) in [6.45, 7) is 7.59. The number of aliphatic hydroxyl groups is 1. The van der Waals surface area contributed by atoms with Gasteiger partial charge in [0.05, 0.1) is 5.60 Å². The second-order valence-corrected chi connectivity index (χ2v) is 5.29. The lowest BCUT2D eigenvalue weighted by Gasteiger charge is -2.26. The molecule has 3 heteroatoms. The van der Waals surface area contributed by atoms with Gasteiger partial charge in [0, 0.05) is 19.2 Å². The molecule has 0 atom stereocenters. The first kappa shape index (κ1) is 13.7. The molecule has 0 aliphatic heterocycles. The van der Waals surface area contributed by atoms with Gasteiger partial charge in [-0.2, -0.15) is 0 Å². The smallest absolute Gasteiger partial charge is 0.253 e. The fourth-order valence-corrected chi connectivity index (χ4v) is 1.82. The summed E-state index contributed by atoms with van der Waals surface area (Å²) in [4.78, 5) is 13.8. The van der Waals surface area contributed by atoms with E-state index in [2.05, 4.69) is 0 Å². The molecule has 0 aliphatic carbocycles. The van der Waals surface area contributed by atoms with E-state index in [0.29, 0.717) is 12.1 Å². The number of rotatable bonds is 3. The van der Waals surface area contributed by atoms with Crippen molar-refractivity contribution in [1.29, 1.82) is 0 Å². The van der Waals surface area contributed by atoms with Gasteiger partial charge in [0.25, 0.3) is 5.91 Å². The Bertz CT molecular complexity index is 419. The molecule has 0 aromatic heterocycles. The molecule has 94 valence electrons. The molecule has 0 saturated heterocycles. The first-order chi connectivity index (χ1) is 7.70. The molecule has 0 saturated carbocycles. The number of carbonyl (C=O) groups excluding carboxylic acids is 1. The van der Waals surface area contributed by atoms with Crippen molar-refractivity contribution in [1.82, 2.24) is 4.90 Å². The van der Waals surface area contributed by atoms with Crippen LogP contribution < -0.4 is 0 Å². The van der Waals surface area contributed by atoms with Gasteiger partial charge in [-0.05, 0) is 39.3 Å². The van der Waals surface area contributed by atoms with Crippen LogP contribution in [0.1, 0.15) is 35.3 Å². The van der Waals surface area contributed by atoms with Crippen LogP contribution in [0.25, 0.3) is 0 Å². The highest BCUT2D eigenvalue weighted by Gasteiger charge is 2.21. The first-order valence-electron chi connectivity index (χ1n) is 5.76. The van der Waals surface area contributed by atoms with Crippen molar-refractivity contribution < 1.29 is 9.90 Å². The first-order valence-corrected chi connectivity index (χ1v) is 5.76. The minimum absolute atomic E-state index is 0.0478. The van der Waals surface area contributed by atoms with Crippen molar-refractivity contribution in [2.24, 2.45) is 0 Å². The number of hydrogen-bond acceptors (Lipinski definition) is 2. The summed E-state index contributed by atoms with van der Waals surface area (Å²) in [7, 11) is 1.71. The normalized spacial score (nSPS) is 11.4. The molecule has 0 radical (unpaired) electrons. The average Bonchev–Trinajstić information content (AvgIpc) is 2.18. The predicted molar refractivity (Wildman–Crippen MR) is 69.2 cm³/mol. The minimum atomic E-state index is -0.873. The summed E-state index contributed by atoms with van der Waals surface area (Å²) < 4.78 is 0. The summed E-state index contributed by atoms with van der Waals surface area (Å²) >= 11 is 0. The molecule has 1 aromatic rings. The Hall–Kier alpha value is -1.35. The molecule has 1 aromatic carbocycles. The maximum absolute atomic E-state index is 12.2. The third kappa shape index (κ3) is 3.86. The Labute approximate surface area is 103 Å². The molecule has 17 heavy (non-hydrogen) atoms. The van der Waals surface area contributed by atoms with Crippen LogP contribution in [0.5, 0.6) is 0 Å². The number of benzene rings is 1. The second kappa shape index (κ2) is 4.88. The third-order valence-electron chi connectivity index (χ3n) is 2.59. The molecule has 0 heterocycles. The summed E-state index contributed by atoms with van der Waals surface area (Å²) in [5.41, 5.74) is 1.86. The molecule has 0 unspecified atom stereocenters. The van der Waals surface area contributed by atoms with Crippen molar-refractivity contribution in [3.63, 3.8) is 0 Å². The Morgan fingerprint density at radius 1 is 1.35 bits per heavy atom. The van der Waals surface area contributed by atoms with Gasteiger partial charge in [0.2, 0.25) is 0 Å². The molecule has 1 N–H and O–H groups in total. The van der Waals surface area contributed by atoms with Gasteiger partial charge in [0.15, 0.2) is 0 Å². The van der Waals surface area contributed by atoms with E-state index in [4.69, 9.17) is 0 Å². The highest BCUT2D eigenvalue weighted by molar-refractivity contribution is 5.95. The van der Waals surface area contributed by atoms with E-state index in [0.717, 1.165) is 11.1 Å². The summed E-state index contributed by atoms with van der Waals surface area (Å²) in [5, 5.41) is 9.71. The van der Waals surface area contributed by atoms with Crippen LogP contribution in [-0.4, -0.2) is 35.1 Å². The lowest BCUT2D eigenvalue weighted by Crippen LogP contribution is -2.39. The lowest BCUT2D eigenvalue weighted by molar-refractivity contribution is 0.0367. The van der Waals surface area contributed by atoms with Gasteiger partial charge in [0.1, 0.15) is 0 Å². The molecule has 1 amide bonds. The van der Waals surface area contributed by atoms with Crippen molar-refractivity contribution in [2.75, 3.05) is 13.6 Å². The average molecular weight is 235 g/mol. The summed E-state index contributed by atoms with van der Waals surface area (Å²) in [6, 6.07) is 5.82. The van der Waals surface area contributed by atoms with Crippen LogP contribution in [0.15, 0.2) is 18.2 Å². The van der Waals surface area contributed by atoms with Crippen LogP contribution in [0.3, 0.4) is 0 Å². The maximum atomic E-state index is 12.2. The predicted octanol–water partition coefficient (Wildman–Crippen LogP) is 2.15. The highest BCUT2D eigenvalue weighted by Crippen LogP contribution is 2.14. The number of carbonyl (C=O) groups is 1. The second-order valence-electron chi connectivity index (χ2n) is 5.29. The number of nitrogens with zero attached hydrogens (tertiary/aromatic N) is 1. The van der Waals surface area contributed by atoms with Crippen molar-refractivity contribution in [2.45, 2.75) is 33.3 Å². The molecular formula is C14H21NO2. The van der Waals surface area contributed by atoms with E-state index in [1.165, 1.54) is 0 Å². The fourth-order valence-electron chi connectivity index (χ4n) is 1.82. The number of amides is 1. The SMILES string of the molecule is Cc1ccc(C)c(C(=O)N(C)CC(C)(C)O)c1. The summed E-state index contributed by atoms with van der Waals surface area (Å²) in [6.07, 6.45) is 0. The number of hydrogen-bond donors (Lipinski definition) is 1. The zero-order chi connectivity index (χ0) is 13.2. The van der Waals surface area contributed by atoms with Crippen molar-refractivity contribution >= 4 is 5.91 Å². The molecule has 0 fully saturated rings. The Morgan fingerprint density at radius 3 is 2.47 bits per heavy atom. The zero-order valence-electron chi connectivity index (χ0n) is 11.2. The Morgan fingerprint density at radius 2 is 1.94 bits per heavy atom. The van der Waals surface area contributed by atoms with Crippen LogP contribution in [0.4, 0.5) is 0 Å². The van der Waals surface area contributed by atoms with Gasteiger partial charge < -0.3 is 10.0 Å². The highest BCUT2D eigenvalue weighted by atomic mass is 16.3. The van der Waals surface area contributed by atoms with Crippen LogP contribution in [-0.2, 0) is 0 Å². The Kier molecular flexibility index (Phi) is 3.94. The van der Waals surface area contributed by atoms with Gasteiger partial charge in [-0.1, -0.05) is 17.7 Å².